The average Bonchev–Trinajstić information content (AvgIpc) is 1.88. The summed E-state index contributed by atoms with van der Waals surface area (Å²) in [6, 6.07) is 0. The van der Waals surface area contributed by atoms with Crippen LogP contribution in [0.3, 0.4) is 0 Å². The fourth-order valence-corrected chi connectivity index (χ4v) is 0. The minimum absolute atomic E-state index is 0. The van der Waals surface area contributed by atoms with E-state index in [2.05, 4.69) is 16.5 Å². The van der Waals surface area contributed by atoms with Gasteiger partial charge in [0.05, 0.1) is 0 Å². The molecule has 0 spiro atoms. The molecule has 0 heterocycles. The Hall–Kier alpha value is -2.86. The zero-order chi connectivity index (χ0) is 6.83. The number of rotatable bonds is 1. The Bertz CT molecular complexity index is 64.7. The van der Waals surface area contributed by atoms with Crippen LogP contribution >= 0.6 is 0 Å². The van der Waals surface area contributed by atoms with Crippen molar-refractivity contribution in [2.24, 2.45) is 4.99 Å². The van der Waals surface area contributed by atoms with Gasteiger partial charge < -0.3 is 21.3 Å². The molecule has 0 saturated heterocycles. The van der Waals surface area contributed by atoms with E-state index < -0.39 is 0 Å². The van der Waals surface area contributed by atoms with Crippen molar-refractivity contribution in [3.05, 3.63) is 0 Å². The van der Waals surface area contributed by atoms with Crippen LogP contribution in [0.5, 0.6) is 0 Å². The maximum Gasteiger partial charge on any atom is 0 e. The van der Waals surface area contributed by atoms with Crippen molar-refractivity contribution < 1.29 is 4.79 Å². The second kappa shape index (κ2) is 125. The van der Waals surface area contributed by atoms with Crippen LogP contribution in [0.25, 0.3) is 0 Å². The Morgan fingerprint density at radius 2 is 1.60 bits per heavy atom. The summed E-state index contributed by atoms with van der Waals surface area (Å²) < 4.78 is 0. The number of amides is 1. The van der Waals surface area contributed by atoms with E-state index in [9.17, 15) is 0 Å². The van der Waals surface area contributed by atoms with Gasteiger partial charge in [-0.05, 0) is 14.1 Å². The molecule has 0 aliphatic rings. The molecule has 0 radical (unpaired) electrons. The topological polar surface area (TPSA) is 41.5 Å². The molecule has 0 bridgehead atoms. The van der Waals surface area contributed by atoms with Crippen LogP contribution in [-0.4, -0.2) is 26.7 Å². The predicted molar refractivity (Wildman–Crippen MR) is 33.8 cm³/mol. The van der Waals surface area contributed by atoms with Crippen molar-refractivity contribution in [1.82, 2.24) is 5.32 Å². The molecule has 5 heteroatoms. The molecule has 10 heavy (non-hydrogen) atoms. The quantitative estimate of drug-likeness (QED) is 0.241. The first-order valence-electron chi connectivity index (χ1n) is 2.12. The molecular formula is C5H10N2ORf2-2. The van der Waals surface area contributed by atoms with E-state index >= 15 is 0 Å². The summed E-state index contributed by atoms with van der Waals surface area (Å²) in [4.78, 5) is 12.4. The van der Waals surface area contributed by atoms with Gasteiger partial charge in [0.1, 0.15) is 0 Å². The van der Waals surface area contributed by atoms with Gasteiger partial charge in [-0.2, -0.15) is 13.3 Å². The van der Waals surface area contributed by atoms with Crippen molar-refractivity contribution in [2.75, 3.05) is 14.1 Å². The first-order valence-corrected chi connectivity index (χ1v) is 2.12. The Kier molecular flexibility index (Phi) is 341. The van der Waals surface area contributed by atoms with Gasteiger partial charge in [-0.15, -0.1) is 0 Å². The van der Waals surface area contributed by atoms with Crippen LogP contribution in [0.2, 0.25) is 0 Å². The van der Waals surface area contributed by atoms with Gasteiger partial charge in [0.25, 0.3) is 0 Å². The summed E-state index contributed by atoms with van der Waals surface area (Å²) in [7, 11) is 3.20. The molecule has 0 aliphatic carbocycles. The van der Waals surface area contributed by atoms with E-state index in [-0.39, 0.29) is 0 Å². The van der Waals surface area contributed by atoms with E-state index in [1.54, 1.807) is 14.0 Å². The summed E-state index contributed by atoms with van der Waals surface area (Å²) in [5.41, 5.74) is 0. The predicted octanol–water partition coefficient (Wildman–Crippen LogP) is -0.143. The first-order chi connectivity index (χ1) is 3.83. The van der Waals surface area contributed by atoms with E-state index in [0.29, 0.717) is 0 Å². The number of nitrogens with zero attached hydrogens (tertiary/aromatic N) is 1. The van der Waals surface area contributed by atoms with Gasteiger partial charge in [-0.1, -0.05) is 0 Å². The van der Waals surface area contributed by atoms with E-state index in [4.69, 9.17) is 4.79 Å². The Labute approximate surface area is 49.8 Å². The zero-order valence-corrected chi connectivity index (χ0v) is 19.6. The third kappa shape index (κ3) is 119. The third-order valence-electron chi connectivity index (χ3n) is 0.326. The maximum absolute atomic E-state index is 8.94. The largest absolute Gasteiger partial charge is 0.532 e. The molecular weight excluding hydrogens is 638 g/mol. The summed E-state index contributed by atoms with van der Waals surface area (Å²) in [6.45, 7) is 1.76. The van der Waals surface area contributed by atoms with E-state index in [1.807, 2.05) is 0 Å². The molecule has 0 rings (SSSR count). The van der Waals surface area contributed by atoms with Crippen molar-refractivity contribution in [3.63, 3.8) is 0 Å². The fraction of sp³-hybridized carbons (Fsp3) is 0.600. The molecule has 0 unspecified atom stereocenters. The van der Waals surface area contributed by atoms with Crippen LogP contribution in [0.15, 0.2) is 4.99 Å². The Morgan fingerprint density at radius 1 is 1.40 bits per heavy atom. The van der Waals surface area contributed by atoms with Crippen LogP contribution in [0.1, 0.15) is 6.92 Å². The van der Waals surface area contributed by atoms with Gasteiger partial charge in [-0.25, -0.2) is 0 Å². The normalized spacial score (nSPS) is 5.90. The maximum atomic E-state index is 8.94. The van der Waals surface area contributed by atoms with Crippen molar-refractivity contribution in [3.8, 4) is 0 Å². The van der Waals surface area contributed by atoms with Crippen molar-refractivity contribution in [2.45, 2.75) is 6.92 Å². The number of carbonyl (C=O) groups excluding carboxylic acids is 1. The molecule has 0 aromatic carbocycles. The smallest absolute Gasteiger partial charge is 0 e. The Balaban J connectivity index is -0.0000000300. The number of nitrogens with one attached hydrogen (secondary N) is 1. The molecule has 0 saturated carbocycles. The standard InChI is InChI=1S/C3H6N.C2H4NO.2Rf/c1-3-4-2;1-3-2-4;;/h1-2H3;1H3,(H,3,4);;/q2*-1;;. The molecule has 1 N–H and O–H groups in total. The van der Waals surface area contributed by atoms with Gasteiger partial charge in [-0.3, -0.25) is 0 Å². The second-order valence-corrected chi connectivity index (χ2v) is 0.799. The average molecular weight is 648 g/mol. The summed E-state index contributed by atoms with van der Waals surface area (Å²) in [5, 5.41) is 2.12. The molecule has 0 aliphatic heterocycles. The van der Waals surface area contributed by atoms with Crippen LogP contribution in [0, 0.1) is 0 Å². The third-order valence-corrected chi connectivity index (χ3v) is 0.326. The SMILES string of the molecule is CN[C-]=O.C[C-]=NC.[Rf].[Rf]. The molecule has 1 amide bonds. The fourth-order valence-electron chi connectivity index (χ4n) is 0. The molecule has 3 nitrogen and oxygen atoms in total. The molecule has 0 fully saturated rings. The van der Waals surface area contributed by atoms with E-state index in [0.717, 1.165) is 0 Å². The number of hydrogen-bond acceptors (Lipinski definition) is 2. The van der Waals surface area contributed by atoms with Crippen LogP contribution in [-0.2, 0) is 4.79 Å². The summed E-state index contributed by atoms with van der Waals surface area (Å²) in [6.07, 6.45) is 3.99. The van der Waals surface area contributed by atoms with Gasteiger partial charge >= 0.3 is 0 Å². The van der Waals surface area contributed by atoms with E-state index in [1.165, 1.54) is 13.5 Å². The molecule has 0 atom stereocenters. The van der Waals surface area contributed by atoms with Crippen LogP contribution in [0.4, 0.5) is 0 Å². The Morgan fingerprint density at radius 3 is 1.60 bits per heavy atom. The summed E-state index contributed by atoms with van der Waals surface area (Å²) >= 11 is 0. The minimum Gasteiger partial charge on any atom is -0.532 e. The molecule has 52 valence electrons. The number of aliphatic imine (C=N–C) groups is 1. The van der Waals surface area contributed by atoms with Crippen LogP contribution < -0.4 is 5.32 Å². The summed E-state index contributed by atoms with van der Waals surface area (Å²) in [5.74, 6) is 0. The minimum atomic E-state index is 0. The first kappa shape index (κ1) is 27.3. The van der Waals surface area contributed by atoms with Crippen molar-refractivity contribution >= 4 is 12.6 Å². The van der Waals surface area contributed by atoms with Crippen molar-refractivity contribution in [1.29, 1.82) is 0 Å². The van der Waals surface area contributed by atoms with Gasteiger partial charge in [0.2, 0.25) is 0 Å². The monoisotopic (exact) mass is 648 g/mol. The second-order valence-electron chi connectivity index (χ2n) is 0.799. The number of hydrogen-bond donors (Lipinski definition) is 1. The molecule has 0 aromatic rings. The van der Waals surface area contributed by atoms with Gasteiger partial charge in [0.15, 0.2) is 0 Å². The van der Waals surface area contributed by atoms with Gasteiger partial charge in [0, 0.05) is 0 Å². The molecule has 0 aromatic heterocycles. The zero-order valence-electron chi connectivity index (χ0n) is 6.77.